The number of rotatable bonds is 5. The summed E-state index contributed by atoms with van der Waals surface area (Å²) in [7, 11) is 4.35. The highest BCUT2D eigenvalue weighted by atomic mass is 15.2. The normalized spacial score (nSPS) is 19.7. The van der Waals surface area contributed by atoms with E-state index in [0.29, 0.717) is 12.1 Å². The Balaban J connectivity index is 1.92. The number of hydrogen-bond donors (Lipinski definition) is 1. The molecule has 0 radical (unpaired) electrons. The molecule has 1 N–H and O–H groups in total. The molecule has 106 valence electrons. The van der Waals surface area contributed by atoms with E-state index in [-0.39, 0.29) is 0 Å². The lowest BCUT2D eigenvalue weighted by Crippen LogP contribution is -2.31. The summed E-state index contributed by atoms with van der Waals surface area (Å²) in [5.41, 5.74) is 2.72. The lowest BCUT2D eigenvalue weighted by Gasteiger charge is -2.22. The molecular weight excluding hydrogens is 234 g/mol. The van der Waals surface area contributed by atoms with E-state index in [4.69, 9.17) is 0 Å². The second-order valence-corrected chi connectivity index (χ2v) is 6.05. The molecule has 0 aliphatic carbocycles. The van der Waals surface area contributed by atoms with Crippen LogP contribution in [0, 0.1) is 0 Å². The maximum atomic E-state index is 3.45. The molecule has 1 fully saturated rings. The van der Waals surface area contributed by atoms with E-state index >= 15 is 0 Å². The summed E-state index contributed by atoms with van der Waals surface area (Å²) in [6.07, 6.45) is 1.27. The fourth-order valence-corrected chi connectivity index (χ4v) is 2.54. The third-order valence-electron chi connectivity index (χ3n) is 3.91. The van der Waals surface area contributed by atoms with Gasteiger partial charge < -0.3 is 15.1 Å². The smallest absolute Gasteiger partial charge is 0.0366 e. The molecule has 19 heavy (non-hydrogen) atoms. The maximum Gasteiger partial charge on any atom is 0.0366 e. The van der Waals surface area contributed by atoms with Crippen molar-refractivity contribution in [1.29, 1.82) is 0 Å². The van der Waals surface area contributed by atoms with Crippen molar-refractivity contribution in [3.05, 3.63) is 29.8 Å². The summed E-state index contributed by atoms with van der Waals surface area (Å²) in [4.78, 5) is 4.82. The minimum atomic E-state index is 0.541. The minimum Gasteiger partial charge on any atom is -0.370 e. The molecule has 3 nitrogen and oxygen atoms in total. The fraction of sp³-hybridized carbons (Fsp3) is 0.625. The Bertz CT molecular complexity index is 383. The molecule has 0 saturated carbocycles. The van der Waals surface area contributed by atoms with Gasteiger partial charge in [-0.05, 0) is 38.2 Å². The molecule has 2 rings (SSSR count). The molecule has 1 aliphatic heterocycles. The molecule has 0 bridgehead atoms. The molecule has 0 amide bonds. The Morgan fingerprint density at radius 3 is 2.47 bits per heavy atom. The number of nitrogens with zero attached hydrogens (tertiary/aromatic N) is 2. The van der Waals surface area contributed by atoms with Gasteiger partial charge in [0, 0.05) is 37.4 Å². The van der Waals surface area contributed by atoms with Gasteiger partial charge in [-0.3, -0.25) is 0 Å². The van der Waals surface area contributed by atoms with E-state index in [0.717, 1.165) is 13.1 Å². The predicted octanol–water partition coefficient (Wildman–Crippen LogP) is 2.32. The van der Waals surface area contributed by atoms with Crippen molar-refractivity contribution in [3.8, 4) is 0 Å². The number of likely N-dealkylation sites (N-methyl/N-ethyl adjacent to an activating group) is 1. The van der Waals surface area contributed by atoms with E-state index in [1.165, 1.54) is 24.2 Å². The Hall–Kier alpha value is -1.06. The molecule has 1 aliphatic rings. The number of benzene rings is 1. The van der Waals surface area contributed by atoms with Crippen molar-refractivity contribution in [1.82, 2.24) is 10.2 Å². The van der Waals surface area contributed by atoms with Crippen LogP contribution >= 0.6 is 0 Å². The van der Waals surface area contributed by atoms with Crippen molar-refractivity contribution in [2.24, 2.45) is 0 Å². The van der Waals surface area contributed by atoms with Crippen LogP contribution in [0.5, 0.6) is 0 Å². The van der Waals surface area contributed by atoms with Gasteiger partial charge in [0.25, 0.3) is 0 Å². The van der Waals surface area contributed by atoms with Crippen LogP contribution in [0.25, 0.3) is 0 Å². The van der Waals surface area contributed by atoms with Crippen LogP contribution in [-0.2, 0) is 6.54 Å². The highest BCUT2D eigenvalue weighted by molar-refractivity contribution is 5.48. The average molecular weight is 261 g/mol. The van der Waals surface area contributed by atoms with E-state index in [1.807, 2.05) is 0 Å². The molecule has 3 heteroatoms. The van der Waals surface area contributed by atoms with Crippen LogP contribution in [0.2, 0.25) is 0 Å². The van der Waals surface area contributed by atoms with Crippen LogP contribution in [0.1, 0.15) is 25.8 Å². The molecule has 1 unspecified atom stereocenters. The van der Waals surface area contributed by atoms with Gasteiger partial charge >= 0.3 is 0 Å². The Kier molecular flexibility index (Phi) is 4.83. The summed E-state index contributed by atoms with van der Waals surface area (Å²) in [5.74, 6) is 0. The van der Waals surface area contributed by atoms with Crippen LogP contribution in [0.15, 0.2) is 24.3 Å². The van der Waals surface area contributed by atoms with Crippen LogP contribution in [0.3, 0.4) is 0 Å². The highest BCUT2D eigenvalue weighted by Gasteiger charge is 2.23. The number of nitrogens with one attached hydrogen (secondary N) is 1. The summed E-state index contributed by atoms with van der Waals surface area (Å²) in [6.45, 7) is 7.64. The quantitative estimate of drug-likeness (QED) is 0.877. The second kappa shape index (κ2) is 6.40. The fourth-order valence-electron chi connectivity index (χ4n) is 2.54. The van der Waals surface area contributed by atoms with Crippen molar-refractivity contribution >= 4 is 5.69 Å². The van der Waals surface area contributed by atoms with Gasteiger partial charge in [0.15, 0.2) is 0 Å². The first kappa shape index (κ1) is 14.4. The van der Waals surface area contributed by atoms with Crippen LogP contribution < -0.4 is 10.2 Å². The van der Waals surface area contributed by atoms with Gasteiger partial charge in [0.05, 0.1) is 0 Å². The van der Waals surface area contributed by atoms with Crippen molar-refractivity contribution in [2.75, 3.05) is 32.1 Å². The molecule has 1 heterocycles. The Labute approximate surface area is 117 Å². The summed E-state index contributed by atoms with van der Waals surface area (Å²) < 4.78 is 0. The Morgan fingerprint density at radius 2 is 1.95 bits per heavy atom. The van der Waals surface area contributed by atoms with E-state index in [9.17, 15) is 0 Å². The van der Waals surface area contributed by atoms with Crippen molar-refractivity contribution in [3.63, 3.8) is 0 Å². The Morgan fingerprint density at radius 1 is 1.26 bits per heavy atom. The lowest BCUT2D eigenvalue weighted by molar-refractivity contribution is 0.315. The molecular formula is C16H27N3. The maximum absolute atomic E-state index is 3.45. The van der Waals surface area contributed by atoms with Crippen molar-refractivity contribution in [2.45, 2.75) is 38.9 Å². The third-order valence-corrected chi connectivity index (χ3v) is 3.91. The third kappa shape index (κ3) is 3.95. The summed E-state index contributed by atoms with van der Waals surface area (Å²) >= 11 is 0. The van der Waals surface area contributed by atoms with Gasteiger partial charge in [-0.2, -0.15) is 0 Å². The zero-order chi connectivity index (χ0) is 13.8. The van der Waals surface area contributed by atoms with Gasteiger partial charge in [-0.15, -0.1) is 0 Å². The highest BCUT2D eigenvalue weighted by Crippen LogP contribution is 2.22. The molecule has 1 atom stereocenters. The van der Waals surface area contributed by atoms with Crippen LogP contribution in [0.4, 0.5) is 5.69 Å². The average Bonchev–Trinajstić information content (AvgIpc) is 2.86. The van der Waals surface area contributed by atoms with Gasteiger partial charge in [0.2, 0.25) is 0 Å². The predicted molar refractivity (Wildman–Crippen MR) is 82.7 cm³/mol. The molecule has 1 saturated heterocycles. The number of anilines is 1. The SMILES string of the molecule is CC(C)NCc1ccc(N2CCC(N(C)C)C2)cc1. The summed E-state index contributed by atoms with van der Waals surface area (Å²) in [5, 5.41) is 3.45. The molecule has 0 aromatic heterocycles. The lowest BCUT2D eigenvalue weighted by atomic mass is 10.2. The topological polar surface area (TPSA) is 18.5 Å². The minimum absolute atomic E-state index is 0.541. The molecule has 1 aromatic rings. The van der Waals surface area contributed by atoms with Gasteiger partial charge in [-0.1, -0.05) is 26.0 Å². The van der Waals surface area contributed by atoms with Gasteiger partial charge in [-0.25, -0.2) is 0 Å². The first-order valence-electron chi connectivity index (χ1n) is 7.30. The molecule has 0 spiro atoms. The zero-order valence-corrected chi connectivity index (χ0v) is 12.7. The van der Waals surface area contributed by atoms with E-state index in [1.54, 1.807) is 0 Å². The van der Waals surface area contributed by atoms with E-state index < -0.39 is 0 Å². The second-order valence-electron chi connectivity index (χ2n) is 6.05. The largest absolute Gasteiger partial charge is 0.370 e. The number of hydrogen-bond acceptors (Lipinski definition) is 3. The standard InChI is InChI=1S/C16H27N3/c1-13(2)17-11-14-5-7-15(8-6-14)19-10-9-16(12-19)18(3)4/h5-8,13,16-17H,9-12H2,1-4H3. The first-order chi connectivity index (χ1) is 9.06. The van der Waals surface area contributed by atoms with Crippen LogP contribution in [-0.4, -0.2) is 44.2 Å². The molecule has 1 aromatic carbocycles. The van der Waals surface area contributed by atoms with E-state index in [2.05, 4.69) is 67.3 Å². The summed E-state index contributed by atoms with van der Waals surface area (Å²) in [6, 6.07) is 10.2. The van der Waals surface area contributed by atoms with Crippen molar-refractivity contribution < 1.29 is 0 Å². The first-order valence-corrected chi connectivity index (χ1v) is 7.30. The monoisotopic (exact) mass is 261 g/mol. The van der Waals surface area contributed by atoms with Gasteiger partial charge in [0.1, 0.15) is 0 Å². The zero-order valence-electron chi connectivity index (χ0n) is 12.7.